The van der Waals surface area contributed by atoms with Gasteiger partial charge in [-0.05, 0) is 58.3 Å². The van der Waals surface area contributed by atoms with Crippen LogP contribution in [0.5, 0.6) is 5.75 Å². The number of ether oxygens (including phenoxy) is 1. The van der Waals surface area contributed by atoms with Gasteiger partial charge in [0, 0.05) is 23.9 Å². The van der Waals surface area contributed by atoms with Crippen LogP contribution in [-0.4, -0.2) is 29.4 Å². The first kappa shape index (κ1) is 25.8. The molecule has 170 valence electrons. The SMILES string of the molecule is Cc1cc(Br)cc(Br)c1OCC(=O)NC(=S)NNC(=O)CCC(=O)NCc1ccccc1. The van der Waals surface area contributed by atoms with E-state index in [-0.39, 0.29) is 30.5 Å². The summed E-state index contributed by atoms with van der Waals surface area (Å²) < 4.78 is 7.12. The van der Waals surface area contributed by atoms with Crippen molar-refractivity contribution in [3.05, 3.63) is 62.5 Å². The van der Waals surface area contributed by atoms with Crippen LogP contribution in [0, 0.1) is 6.92 Å². The van der Waals surface area contributed by atoms with Gasteiger partial charge < -0.3 is 10.1 Å². The maximum atomic E-state index is 12.0. The fraction of sp³-hybridized carbons (Fsp3) is 0.238. The van der Waals surface area contributed by atoms with Gasteiger partial charge in [0.1, 0.15) is 5.75 Å². The van der Waals surface area contributed by atoms with Gasteiger partial charge in [0.15, 0.2) is 11.7 Å². The van der Waals surface area contributed by atoms with E-state index in [0.717, 1.165) is 15.6 Å². The molecule has 3 amide bonds. The number of hydrogen-bond donors (Lipinski definition) is 4. The van der Waals surface area contributed by atoms with Gasteiger partial charge in [-0.25, -0.2) is 0 Å². The molecular weight excluding hydrogens is 564 g/mol. The molecule has 2 rings (SSSR count). The number of carbonyl (C=O) groups is 3. The quantitative estimate of drug-likeness (QED) is 0.280. The van der Waals surface area contributed by atoms with Crippen LogP contribution in [0.3, 0.4) is 0 Å². The van der Waals surface area contributed by atoms with Gasteiger partial charge in [0.25, 0.3) is 5.91 Å². The molecule has 2 aromatic carbocycles. The lowest BCUT2D eigenvalue weighted by Gasteiger charge is -2.13. The molecule has 2 aromatic rings. The van der Waals surface area contributed by atoms with E-state index < -0.39 is 11.8 Å². The average Bonchev–Trinajstić information content (AvgIpc) is 2.74. The van der Waals surface area contributed by atoms with Crippen LogP contribution < -0.4 is 26.2 Å². The number of halogens is 2. The van der Waals surface area contributed by atoms with Crippen molar-refractivity contribution in [1.82, 2.24) is 21.5 Å². The highest BCUT2D eigenvalue weighted by atomic mass is 79.9. The van der Waals surface area contributed by atoms with Gasteiger partial charge in [-0.15, -0.1) is 0 Å². The number of hydrazine groups is 1. The van der Waals surface area contributed by atoms with Crippen molar-refractivity contribution in [2.75, 3.05) is 6.61 Å². The highest BCUT2D eigenvalue weighted by Gasteiger charge is 2.12. The smallest absolute Gasteiger partial charge is 0.264 e. The zero-order valence-corrected chi connectivity index (χ0v) is 21.2. The number of carbonyl (C=O) groups excluding carboxylic acids is 3. The van der Waals surface area contributed by atoms with Crippen molar-refractivity contribution in [1.29, 1.82) is 0 Å². The molecule has 11 heteroatoms. The normalized spacial score (nSPS) is 10.1. The Labute approximate surface area is 208 Å². The van der Waals surface area contributed by atoms with E-state index in [4.69, 9.17) is 17.0 Å². The second kappa shape index (κ2) is 13.1. The Balaban J connectivity index is 1.63. The minimum Gasteiger partial charge on any atom is -0.482 e. The number of rotatable bonds is 8. The lowest BCUT2D eigenvalue weighted by atomic mass is 10.2. The number of thiocarbonyl (C=S) groups is 1. The van der Waals surface area contributed by atoms with Crippen molar-refractivity contribution in [3.63, 3.8) is 0 Å². The molecule has 4 N–H and O–H groups in total. The molecule has 0 fully saturated rings. The summed E-state index contributed by atoms with van der Waals surface area (Å²) in [6.07, 6.45) is -0.0150. The molecule has 0 aliphatic carbocycles. The van der Waals surface area contributed by atoms with Crippen molar-refractivity contribution < 1.29 is 19.1 Å². The van der Waals surface area contributed by atoms with E-state index in [1.165, 1.54) is 0 Å². The molecule has 0 atom stereocenters. The van der Waals surface area contributed by atoms with Crippen LogP contribution in [0.2, 0.25) is 0 Å². The Morgan fingerprint density at radius 1 is 0.969 bits per heavy atom. The van der Waals surface area contributed by atoms with Gasteiger partial charge in [-0.1, -0.05) is 46.3 Å². The number of amides is 3. The lowest BCUT2D eigenvalue weighted by molar-refractivity contribution is -0.126. The number of nitrogens with one attached hydrogen (secondary N) is 4. The van der Waals surface area contributed by atoms with Gasteiger partial charge in [-0.2, -0.15) is 0 Å². The molecule has 0 saturated heterocycles. The van der Waals surface area contributed by atoms with Gasteiger partial charge in [0.2, 0.25) is 11.8 Å². The summed E-state index contributed by atoms with van der Waals surface area (Å²) in [5.41, 5.74) is 6.58. The monoisotopic (exact) mass is 584 g/mol. The predicted molar refractivity (Wildman–Crippen MR) is 132 cm³/mol. The molecule has 0 radical (unpaired) electrons. The first-order valence-electron chi connectivity index (χ1n) is 9.52. The fourth-order valence-corrected chi connectivity index (χ4v) is 4.22. The topological polar surface area (TPSA) is 109 Å². The Kier molecular flexibility index (Phi) is 10.6. The first-order valence-corrected chi connectivity index (χ1v) is 11.5. The van der Waals surface area contributed by atoms with Crippen LogP contribution in [-0.2, 0) is 20.9 Å². The minimum absolute atomic E-state index is 0.0225. The Morgan fingerprint density at radius 3 is 2.34 bits per heavy atom. The summed E-state index contributed by atoms with van der Waals surface area (Å²) in [4.78, 5) is 35.7. The standard InChI is InChI=1S/C21H22Br2N4O4S/c1-13-9-15(22)10-16(23)20(13)31-12-19(30)25-21(32)27-26-18(29)8-7-17(28)24-11-14-5-3-2-4-6-14/h2-6,9-10H,7-8,11-12H2,1H3,(H,24,28)(H,26,29)(H2,25,27,30,32). The summed E-state index contributed by atoms with van der Waals surface area (Å²) >= 11 is 11.7. The molecule has 0 spiro atoms. The molecular formula is C21H22Br2N4O4S. The third-order valence-electron chi connectivity index (χ3n) is 4.02. The van der Waals surface area contributed by atoms with Crippen LogP contribution >= 0.6 is 44.1 Å². The third-order valence-corrected chi connectivity index (χ3v) is 5.27. The van der Waals surface area contributed by atoms with E-state index >= 15 is 0 Å². The van der Waals surface area contributed by atoms with Crippen LogP contribution in [0.4, 0.5) is 0 Å². The molecule has 8 nitrogen and oxygen atoms in total. The molecule has 0 bridgehead atoms. The van der Waals surface area contributed by atoms with Crippen molar-refractivity contribution in [2.24, 2.45) is 0 Å². The molecule has 0 heterocycles. The highest BCUT2D eigenvalue weighted by Crippen LogP contribution is 2.32. The highest BCUT2D eigenvalue weighted by molar-refractivity contribution is 9.11. The molecule has 0 unspecified atom stereocenters. The summed E-state index contributed by atoms with van der Waals surface area (Å²) in [6, 6.07) is 13.1. The molecule has 32 heavy (non-hydrogen) atoms. The van der Waals surface area contributed by atoms with E-state index in [0.29, 0.717) is 16.8 Å². The van der Waals surface area contributed by atoms with Crippen molar-refractivity contribution in [2.45, 2.75) is 26.3 Å². The summed E-state index contributed by atoms with van der Waals surface area (Å²) in [5, 5.41) is 5.05. The first-order chi connectivity index (χ1) is 15.2. The second-order valence-electron chi connectivity index (χ2n) is 6.64. The Hall–Kier alpha value is -2.50. The summed E-state index contributed by atoms with van der Waals surface area (Å²) in [5.74, 6) is -0.638. The lowest BCUT2D eigenvalue weighted by Crippen LogP contribution is -2.49. The largest absolute Gasteiger partial charge is 0.482 e. The number of hydrogen-bond acceptors (Lipinski definition) is 5. The number of benzene rings is 2. The summed E-state index contributed by atoms with van der Waals surface area (Å²) in [6.45, 7) is 1.99. The molecule has 0 aliphatic heterocycles. The third kappa shape index (κ3) is 9.33. The van der Waals surface area contributed by atoms with E-state index in [2.05, 4.69) is 53.3 Å². The molecule has 0 aliphatic rings. The van der Waals surface area contributed by atoms with Crippen LogP contribution in [0.15, 0.2) is 51.4 Å². The maximum Gasteiger partial charge on any atom is 0.264 e. The molecule has 0 aromatic heterocycles. The number of aryl methyl sites for hydroxylation is 1. The zero-order valence-electron chi connectivity index (χ0n) is 17.2. The van der Waals surface area contributed by atoms with Crippen LogP contribution in [0.1, 0.15) is 24.0 Å². The van der Waals surface area contributed by atoms with E-state index in [1.807, 2.05) is 49.4 Å². The molecule has 0 saturated carbocycles. The van der Waals surface area contributed by atoms with Crippen molar-refractivity contribution >= 4 is 66.9 Å². The van der Waals surface area contributed by atoms with E-state index in [9.17, 15) is 14.4 Å². The summed E-state index contributed by atoms with van der Waals surface area (Å²) in [7, 11) is 0. The second-order valence-corrected chi connectivity index (χ2v) is 8.81. The Morgan fingerprint density at radius 2 is 1.66 bits per heavy atom. The minimum atomic E-state index is -0.494. The maximum absolute atomic E-state index is 12.0. The van der Waals surface area contributed by atoms with Crippen LogP contribution in [0.25, 0.3) is 0 Å². The average molecular weight is 586 g/mol. The van der Waals surface area contributed by atoms with Gasteiger partial charge in [0.05, 0.1) is 4.47 Å². The van der Waals surface area contributed by atoms with E-state index in [1.54, 1.807) is 0 Å². The van der Waals surface area contributed by atoms with Crippen molar-refractivity contribution in [3.8, 4) is 5.75 Å². The Bertz CT molecular complexity index is 966. The van der Waals surface area contributed by atoms with Gasteiger partial charge in [-0.3, -0.25) is 30.6 Å². The fourth-order valence-electron chi connectivity index (χ4n) is 2.50. The zero-order chi connectivity index (χ0) is 23.5. The van der Waals surface area contributed by atoms with Gasteiger partial charge >= 0.3 is 0 Å². The predicted octanol–water partition coefficient (Wildman–Crippen LogP) is 3.02.